The standard InChI is InChI=1S/C26H27FN8OS2/c1-3-18-22(32(2)24-31-21(19(12-28)37-24)16-4-6-17(27)7-5-16)35-13-20(38-25(35)30-18)33-10-8-26(9-11-33)14-34(15-26)23(29)36/h4-7,13H,3,8-11,14-15H2,1-2H3,(H2,29,36). The number of nitrogens with zero attached hydrogens (tertiary/aromatic N) is 7. The summed E-state index contributed by atoms with van der Waals surface area (Å²) in [6.07, 6.45) is 4.97. The van der Waals surface area contributed by atoms with E-state index in [1.807, 2.05) is 11.9 Å². The van der Waals surface area contributed by atoms with E-state index in [1.165, 1.54) is 23.5 Å². The normalized spacial score (nSPS) is 16.6. The average molecular weight is 551 g/mol. The van der Waals surface area contributed by atoms with Gasteiger partial charge < -0.3 is 20.4 Å². The summed E-state index contributed by atoms with van der Waals surface area (Å²) >= 11 is 2.98. The number of carbonyl (C=O) groups is 1. The highest BCUT2D eigenvalue weighted by molar-refractivity contribution is 7.21. The van der Waals surface area contributed by atoms with E-state index in [0.717, 1.165) is 66.9 Å². The molecule has 2 fully saturated rings. The maximum atomic E-state index is 13.5. The van der Waals surface area contributed by atoms with Gasteiger partial charge in [0, 0.05) is 50.4 Å². The van der Waals surface area contributed by atoms with Crippen LogP contribution in [0.4, 0.5) is 25.1 Å². The first-order chi connectivity index (χ1) is 18.3. The number of halogens is 1. The third-order valence-corrected chi connectivity index (χ3v) is 9.71. The lowest BCUT2D eigenvalue weighted by Gasteiger charge is -2.53. The Morgan fingerprint density at radius 1 is 1.21 bits per heavy atom. The molecule has 38 heavy (non-hydrogen) atoms. The summed E-state index contributed by atoms with van der Waals surface area (Å²) in [6.45, 7) is 5.46. The molecule has 0 aliphatic carbocycles. The molecule has 9 nitrogen and oxygen atoms in total. The van der Waals surface area contributed by atoms with Crippen molar-refractivity contribution >= 4 is 49.6 Å². The molecule has 2 amide bonds. The number of rotatable bonds is 5. The van der Waals surface area contributed by atoms with Crippen molar-refractivity contribution in [1.29, 1.82) is 5.26 Å². The monoisotopic (exact) mass is 550 g/mol. The minimum absolute atomic E-state index is 0.204. The molecule has 196 valence electrons. The first-order valence-electron chi connectivity index (χ1n) is 12.5. The number of fused-ring (bicyclic) bond motifs is 1. The van der Waals surface area contributed by atoms with Gasteiger partial charge in [-0.2, -0.15) is 5.26 Å². The van der Waals surface area contributed by atoms with Crippen LogP contribution in [0.2, 0.25) is 0 Å². The van der Waals surface area contributed by atoms with Crippen LogP contribution in [0.5, 0.6) is 0 Å². The van der Waals surface area contributed by atoms with Gasteiger partial charge in [0.05, 0.1) is 5.69 Å². The maximum Gasteiger partial charge on any atom is 0.314 e. The van der Waals surface area contributed by atoms with Crippen LogP contribution in [0, 0.1) is 22.6 Å². The Kier molecular flexibility index (Phi) is 6.00. The smallest absolute Gasteiger partial charge is 0.314 e. The third kappa shape index (κ3) is 4.06. The minimum atomic E-state index is -0.327. The van der Waals surface area contributed by atoms with Crippen LogP contribution in [-0.4, -0.2) is 58.5 Å². The van der Waals surface area contributed by atoms with Crippen molar-refractivity contribution in [2.75, 3.05) is 43.0 Å². The predicted molar refractivity (Wildman–Crippen MR) is 148 cm³/mol. The largest absolute Gasteiger partial charge is 0.362 e. The Bertz CT molecular complexity index is 1550. The fourth-order valence-corrected chi connectivity index (χ4v) is 7.36. The number of aryl methyl sites for hydroxylation is 1. The number of piperidine rings is 1. The Balaban J connectivity index is 1.27. The van der Waals surface area contributed by atoms with Gasteiger partial charge in [-0.15, -0.1) is 0 Å². The van der Waals surface area contributed by atoms with Gasteiger partial charge in [0.2, 0.25) is 0 Å². The van der Waals surface area contributed by atoms with Gasteiger partial charge in [-0.3, -0.25) is 4.40 Å². The molecular formula is C26H27FN8OS2. The van der Waals surface area contributed by atoms with Crippen LogP contribution < -0.4 is 15.5 Å². The van der Waals surface area contributed by atoms with E-state index < -0.39 is 0 Å². The highest BCUT2D eigenvalue weighted by atomic mass is 32.1. The third-order valence-electron chi connectivity index (χ3n) is 7.63. The molecule has 2 aliphatic heterocycles. The molecule has 2 aliphatic rings. The highest BCUT2D eigenvalue weighted by Crippen LogP contribution is 2.43. The number of nitrogens with two attached hydrogens (primary N) is 1. The van der Waals surface area contributed by atoms with Crippen molar-refractivity contribution in [3.8, 4) is 17.3 Å². The molecule has 0 atom stereocenters. The van der Waals surface area contributed by atoms with Crippen LogP contribution in [0.15, 0.2) is 30.5 Å². The second-order valence-electron chi connectivity index (χ2n) is 9.99. The van der Waals surface area contributed by atoms with Crippen LogP contribution in [0.3, 0.4) is 0 Å². The summed E-state index contributed by atoms with van der Waals surface area (Å²) in [4.78, 5) is 28.6. The quantitative estimate of drug-likeness (QED) is 0.381. The van der Waals surface area contributed by atoms with Gasteiger partial charge in [0.1, 0.15) is 33.3 Å². The predicted octanol–water partition coefficient (Wildman–Crippen LogP) is 4.84. The fourth-order valence-electron chi connectivity index (χ4n) is 5.47. The van der Waals surface area contributed by atoms with E-state index in [9.17, 15) is 14.4 Å². The van der Waals surface area contributed by atoms with E-state index >= 15 is 0 Å². The van der Waals surface area contributed by atoms with Gasteiger partial charge >= 0.3 is 6.03 Å². The summed E-state index contributed by atoms with van der Waals surface area (Å²) in [6, 6.07) is 7.97. The Morgan fingerprint density at radius 3 is 2.55 bits per heavy atom. The summed E-state index contributed by atoms with van der Waals surface area (Å²) < 4.78 is 15.6. The zero-order chi connectivity index (χ0) is 26.6. The number of amides is 2. The van der Waals surface area contributed by atoms with Crippen molar-refractivity contribution in [2.45, 2.75) is 26.2 Å². The molecule has 0 bridgehead atoms. The molecule has 4 aromatic rings. The molecule has 0 radical (unpaired) electrons. The van der Waals surface area contributed by atoms with E-state index in [2.05, 4.69) is 28.5 Å². The van der Waals surface area contributed by atoms with E-state index in [4.69, 9.17) is 15.7 Å². The van der Waals surface area contributed by atoms with Crippen molar-refractivity contribution in [2.24, 2.45) is 11.1 Å². The molecular weight excluding hydrogens is 523 g/mol. The molecule has 0 saturated carbocycles. The average Bonchev–Trinajstić information content (AvgIpc) is 3.60. The van der Waals surface area contributed by atoms with Crippen molar-refractivity contribution < 1.29 is 9.18 Å². The summed E-state index contributed by atoms with van der Waals surface area (Å²) in [5, 5.41) is 11.6. The lowest BCUT2D eigenvalue weighted by atomic mass is 9.72. The molecule has 1 aromatic carbocycles. The number of likely N-dealkylation sites (tertiary alicyclic amines) is 1. The zero-order valence-electron chi connectivity index (χ0n) is 21.1. The van der Waals surface area contributed by atoms with Gasteiger partial charge in [0.25, 0.3) is 0 Å². The van der Waals surface area contributed by atoms with Crippen LogP contribution >= 0.6 is 22.7 Å². The van der Waals surface area contributed by atoms with Gasteiger partial charge in [-0.05, 0) is 43.5 Å². The summed E-state index contributed by atoms with van der Waals surface area (Å²) in [7, 11) is 1.94. The highest BCUT2D eigenvalue weighted by Gasteiger charge is 2.46. The lowest BCUT2D eigenvalue weighted by Crippen LogP contribution is -2.63. The topological polar surface area (TPSA) is 107 Å². The Morgan fingerprint density at radius 2 is 1.92 bits per heavy atom. The molecule has 2 N–H and O–H groups in total. The van der Waals surface area contributed by atoms with Gasteiger partial charge in [-0.1, -0.05) is 29.6 Å². The van der Waals surface area contributed by atoms with Crippen molar-refractivity contribution in [1.82, 2.24) is 19.3 Å². The zero-order valence-corrected chi connectivity index (χ0v) is 22.8. The summed E-state index contributed by atoms with van der Waals surface area (Å²) in [5.74, 6) is 0.602. The summed E-state index contributed by atoms with van der Waals surface area (Å²) in [5.41, 5.74) is 7.85. The molecule has 1 spiro atoms. The van der Waals surface area contributed by atoms with Gasteiger partial charge in [-0.25, -0.2) is 19.2 Å². The van der Waals surface area contributed by atoms with E-state index in [1.54, 1.807) is 28.4 Å². The Hall–Kier alpha value is -3.69. The SMILES string of the molecule is CCc1nc2sc(N3CCC4(CC3)CN(C(N)=O)C4)cn2c1N(C)c1nc(-c2ccc(F)cc2)c(C#N)s1. The molecule has 2 saturated heterocycles. The molecule has 0 unspecified atom stereocenters. The molecule has 3 aromatic heterocycles. The van der Waals surface area contributed by atoms with Crippen LogP contribution in [0.1, 0.15) is 30.3 Å². The van der Waals surface area contributed by atoms with E-state index in [0.29, 0.717) is 21.3 Å². The first kappa shape index (κ1) is 24.6. The number of hydrogen-bond acceptors (Lipinski definition) is 8. The number of imidazole rings is 1. The number of thiazole rings is 2. The van der Waals surface area contributed by atoms with Crippen molar-refractivity contribution in [3.05, 3.63) is 46.9 Å². The number of carbonyl (C=O) groups excluding carboxylic acids is 1. The van der Waals surface area contributed by atoms with Gasteiger partial charge in [0.15, 0.2) is 10.1 Å². The van der Waals surface area contributed by atoms with Crippen LogP contribution in [-0.2, 0) is 6.42 Å². The second kappa shape index (κ2) is 9.25. The number of anilines is 3. The van der Waals surface area contributed by atoms with Crippen molar-refractivity contribution in [3.63, 3.8) is 0 Å². The molecule has 12 heteroatoms. The second-order valence-corrected chi connectivity index (χ2v) is 12.0. The molecule has 6 rings (SSSR count). The minimum Gasteiger partial charge on any atom is -0.362 e. The lowest BCUT2D eigenvalue weighted by molar-refractivity contribution is 0.0145. The fraction of sp³-hybridized carbons (Fsp3) is 0.385. The number of urea groups is 1. The number of hydrogen-bond donors (Lipinski definition) is 1. The number of benzene rings is 1. The Labute approximate surface area is 227 Å². The van der Waals surface area contributed by atoms with E-state index in [-0.39, 0.29) is 17.3 Å². The first-order valence-corrected chi connectivity index (χ1v) is 14.1. The maximum absolute atomic E-state index is 13.5. The number of nitriles is 1. The molecule has 5 heterocycles. The number of aromatic nitrogens is 3. The number of primary amides is 1. The van der Waals surface area contributed by atoms with Crippen LogP contribution in [0.25, 0.3) is 16.2 Å².